The molecule has 0 aromatic heterocycles. The molecule has 0 saturated carbocycles. The Bertz CT molecular complexity index is 629. The molecule has 0 fully saturated rings. The number of fused-ring (bicyclic) bond motifs is 1. The monoisotopic (exact) mass is 351 g/mol. The highest BCUT2D eigenvalue weighted by molar-refractivity contribution is 7.99. The number of hydrogen-bond acceptors (Lipinski definition) is 5. The van der Waals surface area contributed by atoms with Crippen LogP contribution in [-0.4, -0.2) is 56.7 Å². The summed E-state index contributed by atoms with van der Waals surface area (Å²) in [7, 11) is 0. The van der Waals surface area contributed by atoms with Crippen LogP contribution in [0.4, 0.5) is 0 Å². The SMILES string of the molecule is CCSCCC(NC(=O)C1(C)CC(=O)N=C2C=CC=CN21)C(=O)O. The van der Waals surface area contributed by atoms with E-state index < -0.39 is 29.4 Å². The summed E-state index contributed by atoms with van der Waals surface area (Å²) >= 11 is 1.62. The summed E-state index contributed by atoms with van der Waals surface area (Å²) in [6, 6.07) is -0.977. The van der Waals surface area contributed by atoms with Gasteiger partial charge in [0.1, 0.15) is 17.4 Å². The van der Waals surface area contributed by atoms with E-state index >= 15 is 0 Å². The number of allylic oxidation sites excluding steroid dienone is 2. The molecular formula is C16H21N3O4S. The summed E-state index contributed by atoms with van der Waals surface area (Å²) in [5.41, 5.74) is -1.19. The minimum Gasteiger partial charge on any atom is -0.480 e. The molecule has 0 aromatic rings. The summed E-state index contributed by atoms with van der Waals surface area (Å²) in [4.78, 5) is 41.6. The molecule has 0 aromatic carbocycles. The van der Waals surface area contributed by atoms with Crippen LogP contribution >= 0.6 is 11.8 Å². The first-order valence-electron chi connectivity index (χ1n) is 7.75. The quantitative estimate of drug-likeness (QED) is 0.668. The molecule has 8 heteroatoms. The first-order valence-corrected chi connectivity index (χ1v) is 8.91. The van der Waals surface area contributed by atoms with Gasteiger partial charge in [-0.3, -0.25) is 9.59 Å². The fourth-order valence-electron chi connectivity index (χ4n) is 2.60. The van der Waals surface area contributed by atoms with E-state index in [1.165, 1.54) is 0 Å². The van der Waals surface area contributed by atoms with Crippen molar-refractivity contribution in [2.45, 2.75) is 38.3 Å². The average Bonchev–Trinajstić information content (AvgIpc) is 2.53. The Kier molecular flexibility index (Phi) is 5.82. The number of carbonyl (C=O) groups excluding carboxylic acids is 2. The maximum absolute atomic E-state index is 12.8. The molecular weight excluding hydrogens is 330 g/mol. The highest BCUT2D eigenvalue weighted by Crippen LogP contribution is 2.28. The zero-order valence-electron chi connectivity index (χ0n) is 13.7. The lowest BCUT2D eigenvalue weighted by Crippen LogP contribution is -2.62. The van der Waals surface area contributed by atoms with Gasteiger partial charge < -0.3 is 15.3 Å². The molecule has 7 nitrogen and oxygen atoms in total. The van der Waals surface area contributed by atoms with Gasteiger partial charge in [-0.1, -0.05) is 13.0 Å². The molecule has 2 aliphatic heterocycles. The zero-order chi connectivity index (χ0) is 17.7. The number of carboxylic acids is 1. The standard InChI is InChI=1S/C16H21N3O4S/c1-3-24-9-7-11(14(21)22)17-15(23)16(2)10-13(20)18-12-6-4-5-8-19(12)16/h4-6,8,11H,3,7,9-10H2,1-2H3,(H,17,23)(H,21,22). The Balaban J connectivity index is 2.16. The van der Waals surface area contributed by atoms with Crippen LogP contribution in [-0.2, 0) is 14.4 Å². The topological polar surface area (TPSA) is 99.1 Å². The number of hydrogen-bond donors (Lipinski definition) is 2. The molecule has 2 unspecified atom stereocenters. The van der Waals surface area contributed by atoms with Crippen molar-refractivity contribution in [1.82, 2.24) is 10.2 Å². The fraction of sp³-hybridized carbons (Fsp3) is 0.500. The van der Waals surface area contributed by atoms with E-state index in [1.54, 1.807) is 48.0 Å². The van der Waals surface area contributed by atoms with E-state index in [-0.39, 0.29) is 6.42 Å². The number of thioether (sulfide) groups is 1. The third-order valence-electron chi connectivity index (χ3n) is 3.95. The summed E-state index contributed by atoms with van der Waals surface area (Å²) in [5, 5.41) is 11.9. The molecule has 0 bridgehead atoms. The lowest BCUT2D eigenvalue weighted by atomic mass is 9.90. The third-order valence-corrected chi connectivity index (χ3v) is 4.88. The Morgan fingerprint density at radius 3 is 2.92 bits per heavy atom. The van der Waals surface area contributed by atoms with Crippen LogP contribution in [0.3, 0.4) is 0 Å². The molecule has 2 heterocycles. The van der Waals surface area contributed by atoms with Gasteiger partial charge in [-0.15, -0.1) is 0 Å². The molecule has 2 aliphatic rings. The number of nitrogens with one attached hydrogen (secondary N) is 1. The Hall–Kier alpha value is -2.09. The molecule has 0 spiro atoms. The highest BCUT2D eigenvalue weighted by Gasteiger charge is 2.46. The molecule has 2 N–H and O–H groups in total. The molecule has 0 aliphatic carbocycles. The molecule has 2 amide bonds. The summed E-state index contributed by atoms with van der Waals surface area (Å²) in [5.74, 6) is -0.0439. The molecule has 0 radical (unpaired) electrons. The van der Waals surface area contributed by atoms with Crippen LogP contribution in [0.15, 0.2) is 29.4 Å². The van der Waals surface area contributed by atoms with Crippen molar-refractivity contribution in [3.8, 4) is 0 Å². The Morgan fingerprint density at radius 1 is 1.50 bits per heavy atom. The number of aliphatic carboxylic acids is 1. The van der Waals surface area contributed by atoms with Gasteiger partial charge >= 0.3 is 5.97 Å². The number of aliphatic imine (C=N–C) groups is 1. The van der Waals surface area contributed by atoms with Gasteiger partial charge in [0, 0.05) is 6.20 Å². The summed E-state index contributed by atoms with van der Waals surface area (Å²) in [6.45, 7) is 3.61. The van der Waals surface area contributed by atoms with Crippen LogP contribution < -0.4 is 5.32 Å². The summed E-state index contributed by atoms with van der Waals surface area (Å²) < 4.78 is 0. The Labute approximate surface area is 144 Å². The van der Waals surface area contributed by atoms with E-state index in [0.717, 1.165) is 5.75 Å². The molecule has 24 heavy (non-hydrogen) atoms. The van der Waals surface area contributed by atoms with Crippen molar-refractivity contribution in [2.75, 3.05) is 11.5 Å². The van der Waals surface area contributed by atoms with Crippen LogP contribution in [0.5, 0.6) is 0 Å². The normalized spacial score (nSPS) is 23.5. The van der Waals surface area contributed by atoms with E-state index in [0.29, 0.717) is 18.0 Å². The predicted octanol–water partition coefficient (Wildman–Crippen LogP) is 1.17. The maximum atomic E-state index is 12.8. The van der Waals surface area contributed by atoms with Crippen LogP contribution in [0.1, 0.15) is 26.7 Å². The van der Waals surface area contributed by atoms with Gasteiger partial charge in [0.05, 0.1) is 6.42 Å². The zero-order valence-corrected chi connectivity index (χ0v) is 14.5. The van der Waals surface area contributed by atoms with Crippen LogP contribution in [0.25, 0.3) is 0 Å². The average molecular weight is 351 g/mol. The van der Waals surface area contributed by atoms with Gasteiger partial charge in [-0.05, 0) is 37.0 Å². The molecule has 2 atom stereocenters. The highest BCUT2D eigenvalue weighted by atomic mass is 32.2. The van der Waals surface area contributed by atoms with Crippen LogP contribution in [0.2, 0.25) is 0 Å². The first kappa shape index (κ1) is 18.3. The van der Waals surface area contributed by atoms with E-state index in [1.807, 2.05) is 6.92 Å². The molecule has 2 rings (SSSR count). The second-order valence-corrected chi connectivity index (χ2v) is 7.13. The van der Waals surface area contributed by atoms with Gasteiger partial charge in [-0.25, -0.2) is 4.79 Å². The summed E-state index contributed by atoms with van der Waals surface area (Å²) in [6.07, 6.45) is 7.03. The largest absolute Gasteiger partial charge is 0.480 e. The minimum absolute atomic E-state index is 0.101. The number of rotatable bonds is 7. The smallest absolute Gasteiger partial charge is 0.326 e. The second-order valence-electron chi connectivity index (χ2n) is 5.73. The van der Waals surface area contributed by atoms with Gasteiger partial charge in [0.15, 0.2) is 0 Å². The minimum atomic E-state index is -1.19. The molecule has 130 valence electrons. The van der Waals surface area contributed by atoms with Crippen molar-refractivity contribution in [2.24, 2.45) is 4.99 Å². The lowest BCUT2D eigenvalue weighted by molar-refractivity contribution is -0.144. The fourth-order valence-corrected chi connectivity index (χ4v) is 3.29. The van der Waals surface area contributed by atoms with Crippen LogP contribution in [0, 0.1) is 0 Å². The number of nitrogens with zero attached hydrogens (tertiary/aromatic N) is 2. The van der Waals surface area contributed by atoms with Gasteiger partial charge in [0.2, 0.25) is 5.91 Å². The van der Waals surface area contributed by atoms with E-state index in [2.05, 4.69) is 10.3 Å². The van der Waals surface area contributed by atoms with Crippen molar-refractivity contribution >= 4 is 35.4 Å². The van der Waals surface area contributed by atoms with Gasteiger partial charge in [-0.2, -0.15) is 16.8 Å². The van der Waals surface area contributed by atoms with E-state index in [4.69, 9.17) is 0 Å². The first-order chi connectivity index (χ1) is 11.4. The number of amidine groups is 1. The Morgan fingerprint density at radius 2 is 2.25 bits per heavy atom. The second kappa shape index (κ2) is 7.65. The molecule has 0 saturated heterocycles. The van der Waals surface area contributed by atoms with Crippen molar-refractivity contribution in [1.29, 1.82) is 0 Å². The lowest BCUT2D eigenvalue weighted by Gasteiger charge is -2.42. The number of carbonyl (C=O) groups is 3. The van der Waals surface area contributed by atoms with E-state index in [9.17, 15) is 19.5 Å². The number of amides is 2. The van der Waals surface area contributed by atoms with Gasteiger partial charge in [0.25, 0.3) is 5.91 Å². The number of carboxylic acid groups (broad SMARTS) is 1. The van der Waals surface area contributed by atoms with Crippen molar-refractivity contribution in [3.63, 3.8) is 0 Å². The maximum Gasteiger partial charge on any atom is 0.326 e. The third kappa shape index (κ3) is 3.87. The predicted molar refractivity (Wildman–Crippen MR) is 92.8 cm³/mol. The van der Waals surface area contributed by atoms with Crippen molar-refractivity contribution < 1.29 is 19.5 Å². The van der Waals surface area contributed by atoms with Crippen molar-refractivity contribution in [3.05, 3.63) is 24.4 Å².